The first-order valence-corrected chi connectivity index (χ1v) is 10.9. The SMILES string of the molecule is Cc1ccc(NC(=O)C(OC(=O)CCNC(=O)c2ccccc2C)c2ccccc2)c([N+](=O)[O-])c1. The van der Waals surface area contributed by atoms with Crippen LogP contribution in [-0.2, 0) is 14.3 Å². The number of anilines is 1. The van der Waals surface area contributed by atoms with Crippen LogP contribution in [0.5, 0.6) is 0 Å². The van der Waals surface area contributed by atoms with Crippen LogP contribution in [0.2, 0.25) is 0 Å². The number of nitro benzene ring substituents is 1. The van der Waals surface area contributed by atoms with Crippen LogP contribution in [0.3, 0.4) is 0 Å². The van der Waals surface area contributed by atoms with Crippen LogP contribution >= 0.6 is 0 Å². The summed E-state index contributed by atoms with van der Waals surface area (Å²) in [5, 5.41) is 16.6. The van der Waals surface area contributed by atoms with E-state index in [4.69, 9.17) is 4.74 Å². The van der Waals surface area contributed by atoms with Crippen molar-refractivity contribution in [2.24, 2.45) is 0 Å². The number of amides is 2. The van der Waals surface area contributed by atoms with Crippen LogP contribution < -0.4 is 10.6 Å². The summed E-state index contributed by atoms with van der Waals surface area (Å²) in [5.41, 5.74) is 2.09. The first-order chi connectivity index (χ1) is 16.8. The van der Waals surface area contributed by atoms with Crippen LogP contribution in [0, 0.1) is 24.0 Å². The van der Waals surface area contributed by atoms with E-state index in [0.717, 1.165) is 5.56 Å². The average molecular weight is 476 g/mol. The molecule has 2 amide bonds. The number of hydrogen-bond acceptors (Lipinski definition) is 6. The summed E-state index contributed by atoms with van der Waals surface area (Å²) in [6.07, 6.45) is -1.50. The molecule has 0 aliphatic heterocycles. The Labute approximate surface area is 202 Å². The van der Waals surface area contributed by atoms with Gasteiger partial charge in [-0.15, -0.1) is 0 Å². The van der Waals surface area contributed by atoms with Gasteiger partial charge in [-0.25, -0.2) is 0 Å². The molecule has 0 radical (unpaired) electrons. The van der Waals surface area contributed by atoms with E-state index < -0.39 is 22.9 Å². The maximum absolute atomic E-state index is 13.0. The number of carbonyl (C=O) groups excluding carboxylic acids is 3. The van der Waals surface area contributed by atoms with Gasteiger partial charge in [0.25, 0.3) is 17.5 Å². The van der Waals surface area contributed by atoms with Gasteiger partial charge in [0.05, 0.1) is 11.3 Å². The van der Waals surface area contributed by atoms with E-state index >= 15 is 0 Å². The molecule has 0 saturated carbocycles. The lowest BCUT2D eigenvalue weighted by molar-refractivity contribution is -0.384. The van der Waals surface area contributed by atoms with E-state index in [1.807, 2.05) is 19.1 Å². The molecule has 0 aliphatic carbocycles. The fourth-order valence-electron chi connectivity index (χ4n) is 3.39. The van der Waals surface area contributed by atoms with Gasteiger partial charge in [-0.1, -0.05) is 54.6 Å². The molecule has 9 nitrogen and oxygen atoms in total. The summed E-state index contributed by atoms with van der Waals surface area (Å²) < 4.78 is 5.43. The molecule has 3 rings (SSSR count). The van der Waals surface area contributed by atoms with Crippen molar-refractivity contribution in [3.8, 4) is 0 Å². The van der Waals surface area contributed by atoms with E-state index in [-0.39, 0.29) is 30.2 Å². The molecule has 0 aromatic heterocycles. The molecule has 0 spiro atoms. The third-order valence-corrected chi connectivity index (χ3v) is 5.20. The Bertz CT molecular complexity index is 1240. The highest BCUT2D eigenvalue weighted by atomic mass is 16.6. The number of esters is 1. The zero-order chi connectivity index (χ0) is 25.4. The summed E-state index contributed by atoms with van der Waals surface area (Å²) >= 11 is 0. The molecule has 3 aromatic rings. The minimum atomic E-state index is -1.34. The van der Waals surface area contributed by atoms with E-state index in [2.05, 4.69) is 10.6 Å². The van der Waals surface area contributed by atoms with E-state index in [1.54, 1.807) is 55.5 Å². The Kier molecular flexibility index (Phi) is 8.29. The first kappa shape index (κ1) is 25.1. The maximum atomic E-state index is 13.0. The fraction of sp³-hybridized carbons (Fsp3) is 0.192. The molecule has 2 N–H and O–H groups in total. The molecule has 0 saturated heterocycles. The molecule has 1 atom stereocenters. The molecule has 1 unspecified atom stereocenters. The van der Waals surface area contributed by atoms with Gasteiger partial charge in [-0.3, -0.25) is 24.5 Å². The van der Waals surface area contributed by atoms with Crippen molar-refractivity contribution in [2.75, 3.05) is 11.9 Å². The van der Waals surface area contributed by atoms with Gasteiger partial charge < -0.3 is 15.4 Å². The Morgan fingerprint density at radius 1 is 0.971 bits per heavy atom. The van der Waals surface area contributed by atoms with E-state index in [0.29, 0.717) is 16.7 Å². The predicted molar refractivity (Wildman–Crippen MR) is 130 cm³/mol. The summed E-state index contributed by atoms with van der Waals surface area (Å²) in [5.74, 6) is -1.77. The largest absolute Gasteiger partial charge is 0.447 e. The summed E-state index contributed by atoms with van der Waals surface area (Å²) in [7, 11) is 0. The molecule has 0 bridgehead atoms. The molecule has 35 heavy (non-hydrogen) atoms. The Balaban J connectivity index is 1.68. The van der Waals surface area contributed by atoms with Crippen molar-refractivity contribution in [3.05, 3.63) is 105 Å². The second-order valence-corrected chi connectivity index (χ2v) is 7.87. The van der Waals surface area contributed by atoms with Crippen LogP contribution in [0.1, 0.15) is 39.6 Å². The van der Waals surface area contributed by atoms with Crippen LogP contribution in [0.25, 0.3) is 0 Å². The third-order valence-electron chi connectivity index (χ3n) is 5.20. The number of benzene rings is 3. The smallest absolute Gasteiger partial charge is 0.308 e. The van der Waals surface area contributed by atoms with Crippen LogP contribution in [0.4, 0.5) is 11.4 Å². The predicted octanol–water partition coefficient (Wildman–Crippen LogP) is 4.25. The van der Waals surface area contributed by atoms with Gasteiger partial charge in [0.1, 0.15) is 5.69 Å². The minimum Gasteiger partial charge on any atom is -0.447 e. The number of hydrogen-bond donors (Lipinski definition) is 2. The van der Waals surface area contributed by atoms with Gasteiger partial charge in [0.15, 0.2) is 0 Å². The lowest BCUT2D eigenvalue weighted by Crippen LogP contribution is -2.29. The van der Waals surface area contributed by atoms with Gasteiger partial charge >= 0.3 is 5.97 Å². The number of rotatable bonds is 9. The van der Waals surface area contributed by atoms with E-state index in [9.17, 15) is 24.5 Å². The lowest BCUT2D eigenvalue weighted by Gasteiger charge is -2.18. The topological polar surface area (TPSA) is 128 Å². The normalized spacial score (nSPS) is 11.3. The van der Waals surface area contributed by atoms with Gasteiger partial charge in [0.2, 0.25) is 6.10 Å². The number of nitro groups is 1. The van der Waals surface area contributed by atoms with Crippen molar-refractivity contribution in [3.63, 3.8) is 0 Å². The van der Waals surface area contributed by atoms with Gasteiger partial charge in [0, 0.05) is 23.7 Å². The zero-order valence-corrected chi connectivity index (χ0v) is 19.3. The third kappa shape index (κ3) is 6.73. The average Bonchev–Trinajstić information content (AvgIpc) is 2.84. The van der Waals surface area contributed by atoms with Crippen LogP contribution in [0.15, 0.2) is 72.8 Å². The van der Waals surface area contributed by atoms with Gasteiger partial charge in [-0.2, -0.15) is 0 Å². The molecule has 9 heteroatoms. The maximum Gasteiger partial charge on any atom is 0.308 e. The molecular weight excluding hydrogens is 450 g/mol. The standard InChI is InChI=1S/C26H25N3O6/c1-17-12-13-21(22(16-17)29(33)34)28-26(32)24(19-9-4-3-5-10-19)35-23(30)14-15-27-25(31)20-11-7-6-8-18(20)2/h3-13,16,24H,14-15H2,1-2H3,(H,27,31)(H,28,32). The monoisotopic (exact) mass is 475 g/mol. The Hall–Kier alpha value is -4.53. The molecule has 3 aromatic carbocycles. The minimum absolute atomic E-state index is 0.00641. The highest BCUT2D eigenvalue weighted by Crippen LogP contribution is 2.28. The second-order valence-electron chi connectivity index (χ2n) is 7.87. The second kappa shape index (κ2) is 11.6. The Morgan fingerprint density at radius 2 is 1.66 bits per heavy atom. The highest BCUT2D eigenvalue weighted by Gasteiger charge is 2.27. The van der Waals surface area contributed by atoms with Crippen LogP contribution in [-0.4, -0.2) is 29.3 Å². The molecular formula is C26H25N3O6. The highest BCUT2D eigenvalue weighted by molar-refractivity contribution is 5.98. The fourth-order valence-corrected chi connectivity index (χ4v) is 3.39. The zero-order valence-electron chi connectivity index (χ0n) is 19.3. The van der Waals surface area contributed by atoms with Crippen molar-refractivity contribution < 1.29 is 24.0 Å². The number of nitrogens with one attached hydrogen (secondary N) is 2. The molecule has 0 fully saturated rings. The molecule has 0 heterocycles. The van der Waals surface area contributed by atoms with E-state index in [1.165, 1.54) is 12.1 Å². The van der Waals surface area contributed by atoms with Gasteiger partial charge in [-0.05, 0) is 37.1 Å². The van der Waals surface area contributed by atoms with Crippen molar-refractivity contribution in [1.29, 1.82) is 0 Å². The summed E-state index contributed by atoms with van der Waals surface area (Å²) in [6, 6.07) is 19.8. The summed E-state index contributed by atoms with van der Waals surface area (Å²) in [4.78, 5) is 48.7. The summed E-state index contributed by atoms with van der Waals surface area (Å²) in [6.45, 7) is 3.52. The molecule has 180 valence electrons. The number of carbonyl (C=O) groups is 3. The quantitative estimate of drug-likeness (QED) is 0.270. The Morgan fingerprint density at radius 3 is 2.34 bits per heavy atom. The van der Waals surface area contributed by atoms with Crippen molar-refractivity contribution in [1.82, 2.24) is 5.32 Å². The lowest BCUT2D eigenvalue weighted by atomic mass is 10.1. The molecule has 0 aliphatic rings. The number of aryl methyl sites for hydroxylation is 2. The van der Waals surface area contributed by atoms with Crippen molar-refractivity contribution in [2.45, 2.75) is 26.4 Å². The number of nitrogens with zero attached hydrogens (tertiary/aromatic N) is 1. The first-order valence-electron chi connectivity index (χ1n) is 10.9. The van der Waals surface area contributed by atoms with Crippen molar-refractivity contribution >= 4 is 29.2 Å². The number of ether oxygens (including phenoxy) is 1.